The van der Waals surface area contributed by atoms with Crippen LogP contribution in [-0.2, 0) is 0 Å². The van der Waals surface area contributed by atoms with Crippen LogP contribution in [0.3, 0.4) is 0 Å². The monoisotopic (exact) mass is 147 g/mol. The van der Waals surface area contributed by atoms with Crippen molar-refractivity contribution in [2.24, 2.45) is 0 Å². The summed E-state index contributed by atoms with van der Waals surface area (Å²) in [6, 6.07) is 9.47. The van der Waals surface area contributed by atoms with Crippen LogP contribution < -0.4 is 9.68 Å². The van der Waals surface area contributed by atoms with Crippen LogP contribution in [0.4, 0.5) is 0 Å². The second-order valence-corrected chi connectivity index (χ2v) is 2.02. The number of terminal acetylenes is 1. The first-order chi connectivity index (χ1) is 5.40. The highest BCUT2D eigenvalue weighted by molar-refractivity contribution is 5.40. The number of rotatable bonds is 0. The zero-order chi connectivity index (χ0) is 7.68. The fourth-order valence-electron chi connectivity index (χ4n) is 0.851. The van der Waals surface area contributed by atoms with Gasteiger partial charge in [0.05, 0.1) is 6.04 Å². The molecule has 0 saturated heterocycles. The maximum atomic E-state index is 5.04. The zero-order valence-corrected chi connectivity index (χ0v) is 5.65. The van der Waals surface area contributed by atoms with Crippen LogP contribution in [0.25, 0.3) is 0 Å². The zero-order valence-electron chi connectivity index (χ0n) is 5.65. The minimum atomic E-state index is 0.644. The molecule has 0 N–H and O–H groups in total. The first kappa shape index (κ1) is 5.93. The second kappa shape index (κ2) is 2.10. The molecule has 0 fully saturated rings. The topological polar surface area (TPSA) is 21.7 Å². The summed E-state index contributed by atoms with van der Waals surface area (Å²) in [6.45, 7) is 0. The van der Waals surface area contributed by atoms with Crippen molar-refractivity contribution in [3.05, 3.63) is 24.3 Å². The summed E-state index contributed by atoms with van der Waals surface area (Å²) in [5, 5.41) is 0.977. The lowest BCUT2D eigenvalue weighted by Gasteiger charge is -2.02. The van der Waals surface area contributed by atoms with E-state index in [0.717, 1.165) is 5.23 Å². The van der Waals surface area contributed by atoms with Crippen LogP contribution in [0.5, 0.6) is 11.5 Å². The van der Waals surface area contributed by atoms with Crippen LogP contribution in [0.15, 0.2) is 24.3 Å². The number of nitrogens with zero attached hydrogens (tertiary/aromatic N) is 1. The Morgan fingerprint density at radius 2 is 1.73 bits per heavy atom. The molecule has 0 unspecified atom stereocenters. The van der Waals surface area contributed by atoms with Crippen molar-refractivity contribution in [2.75, 3.05) is 0 Å². The van der Waals surface area contributed by atoms with Crippen molar-refractivity contribution < 1.29 is 9.68 Å². The fraction of sp³-hybridized carbons (Fsp3) is 0. The number of fused-ring (bicyclic) bond motifs is 1. The molecule has 0 bridgehead atoms. The lowest BCUT2D eigenvalue weighted by molar-refractivity contribution is -0.170. The van der Waals surface area contributed by atoms with E-state index >= 15 is 0 Å². The lowest BCUT2D eigenvalue weighted by atomic mass is 10.3. The molecule has 1 aromatic rings. The van der Waals surface area contributed by atoms with Gasteiger partial charge in [0, 0.05) is 5.23 Å². The van der Waals surface area contributed by atoms with E-state index in [0.29, 0.717) is 11.5 Å². The molecule has 2 rings (SSSR count). The molecule has 54 valence electrons. The molecule has 3 heteroatoms. The molecule has 0 radical (unpaired) electrons. The molecule has 1 aliphatic rings. The summed E-state index contributed by atoms with van der Waals surface area (Å²) in [7, 11) is 0. The van der Waals surface area contributed by atoms with Gasteiger partial charge in [0.15, 0.2) is 0 Å². The summed E-state index contributed by atoms with van der Waals surface area (Å²) in [4.78, 5) is 10.1. The van der Waals surface area contributed by atoms with E-state index in [-0.39, 0.29) is 0 Å². The number of benzene rings is 1. The van der Waals surface area contributed by atoms with E-state index in [1.54, 1.807) is 12.1 Å². The van der Waals surface area contributed by atoms with Crippen molar-refractivity contribution in [1.82, 2.24) is 5.23 Å². The fourth-order valence-corrected chi connectivity index (χ4v) is 0.851. The number of para-hydroxylation sites is 2. The summed E-state index contributed by atoms with van der Waals surface area (Å²) in [5.74, 6) is 1.29. The molecule has 3 nitrogen and oxygen atoms in total. The molecular weight excluding hydrogens is 142 g/mol. The van der Waals surface area contributed by atoms with E-state index in [9.17, 15) is 0 Å². The minimum absolute atomic E-state index is 0.644. The Morgan fingerprint density at radius 1 is 1.18 bits per heavy atom. The maximum absolute atomic E-state index is 5.04. The van der Waals surface area contributed by atoms with Gasteiger partial charge >= 0.3 is 0 Å². The third kappa shape index (κ3) is 0.849. The van der Waals surface area contributed by atoms with Crippen molar-refractivity contribution in [3.63, 3.8) is 0 Å². The third-order valence-electron chi connectivity index (χ3n) is 1.32. The number of hydroxylamine groups is 2. The van der Waals surface area contributed by atoms with Crippen molar-refractivity contribution in [3.8, 4) is 24.0 Å². The highest BCUT2D eigenvalue weighted by Crippen LogP contribution is 2.32. The van der Waals surface area contributed by atoms with Gasteiger partial charge in [0.2, 0.25) is 11.5 Å². The van der Waals surface area contributed by atoms with Gasteiger partial charge in [0.25, 0.3) is 0 Å². The van der Waals surface area contributed by atoms with Crippen LogP contribution in [0.1, 0.15) is 0 Å². The van der Waals surface area contributed by atoms with E-state index in [1.165, 1.54) is 0 Å². The molecule has 0 aromatic heterocycles. The highest BCUT2D eigenvalue weighted by atomic mass is 17.0. The van der Waals surface area contributed by atoms with Crippen LogP contribution >= 0.6 is 0 Å². The third-order valence-corrected chi connectivity index (χ3v) is 1.32. The molecule has 11 heavy (non-hydrogen) atoms. The largest absolute Gasteiger partial charge is 0.334 e. The summed E-state index contributed by atoms with van der Waals surface area (Å²) < 4.78 is 0. The van der Waals surface area contributed by atoms with E-state index in [2.05, 4.69) is 6.04 Å². The quantitative estimate of drug-likeness (QED) is 0.514. The molecule has 0 amide bonds. The Hall–Kier alpha value is -1.82. The molecule has 0 saturated carbocycles. The average molecular weight is 147 g/mol. The molecular formula is C8H5NO2. The molecule has 1 aromatic carbocycles. The lowest BCUT2D eigenvalue weighted by Crippen LogP contribution is -2.18. The molecule has 0 spiro atoms. The maximum Gasteiger partial charge on any atom is 0.205 e. The second-order valence-electron chi connectivity index (χ2n) is 2.02. The Labute approximate surface area is 64.0 Å². The van der Waals surface area contributed by atoms with Crippen molar-refractivity contribution in [1.29, 1.82) is 0 Å². The number of hydrogen-bond acceptors (Lipinski definition) is 3. The van der Waals surface area contributed by atoms with Crippen molar-refractivity contribution >= 4 is 0 Å². The van der Waals surface area contributed by atoms with E-state index < -0.39 is 0 Å². The van der Waals surface area contributed by atoms with Gasteiger partial charge in [-0.15, -0.1) is 0 Å². The van der Waals surface area contributed by atoms with Gasteiger partial charge in [0.1, 0.15) is 0 Å². The van der Waals surface area contributed by atoms with Gasteiger partial charge in [-0.2, -0.15) is 0 Å². The van der Waals surface area contributed by atoms with Crippen LogP contribution in [-0.4, -0.2) is 5.23 Å². The summed E-state index contributed by atoms with van der Waals surface area (Å²) in [6.07, 6.45) is 5.04. The van der Waals surface area contributed by atoms with E-state index in [1.807, 2.05) is 12.1 Å². The molecule has 0 atom stereocenters. The molecule has 0 aliphatic carbocycles. The molecule has 1 aliphatic heterocycles. The van der Waals surface area contributed by atoms with Gasteiger partial charge in [-0.25, -0.2) is 0 Å². The Morgan fingerprint density at radius 3 is 2.18 bits per heavy atom. The normalized spacial score (nSPS) is 12.8. The smallest absolute Gasteiger partial charge is 0.205 e. The van der Waals surface area contributed by atoms with Crippen molar-refractivity contribution in [2.45, 2.75) is 0 Å². The number of hydrogen-bond donors (Lipinski definition) is 0. The van der Waals surface area contributed by atoms with Crippen LogP contribution in [0.2, 0.25) is 0 Å². The first-order valence-corrected chi connectivity index (χ1v) is 3.11. The standard InChI is InChI=1S/C8H5NO2/c1-2-9-10-7-5-3-4-6-8(7)11-9/h1,3-6H. The van der Waals surface area contributed by atoms with E-state index in [4.69, 9.17) is 16.1 Å². The Kier molecular flexibility index (Phi) is 1.13. The first-order valence-electron chi connectivity index (χ1n) is 3.11. The minimum Gasteiger partial charge on any atom is -0.334 e. The van der Waals surface area contributed by atoms with Gasteiger partial charge in [-0.1, -0.05) is 18.6 Å². The molecule has 1 heterocycles. The Bertz CT molecular complexity index is 291. The predicted octanol–water partition coefficient (Wildman–Crippen LogP) is 1.18. The van der Waals surface area contributed by atoms with Gasteiger partial charge in [-0.05, 0) is 12.1 Å². The summed E-state index contributed by atoms with van der Waals surface area (Å²) in [5.41, 5.74) is 0. The highest BCUT2D eigenvalue weighted by Gasteiger charge is 2.18. The Balaban J connectivity index is 2.35. The van der Waals surface area contributed by atoms with Gasteiger partial charge < -0.3 is 9.68 Å². The van der Waals surface area contributed by atoms with Gasteiger partial charge in [-0.3, -0.25) is 0 Å². The van der Waals surface area contributed by atoms with Crippen LogP contribution in [0, 0.1) is 12.5 Å². The SMILES string of the molecule is C#CN1Oc2ccccc2O1. The summed E-state index contributed by atoms with van der Waals surface area (Å²) >= 11 is 0. The average Bonchev–Trinajstić information content (AvgIpc) is 2.46. The predicted molar refractivity (Wildman–Crippen MR) is 38.4 cm³/mol.